The van der Waals surface area contributed by atoms with Crippen LogP contribution in [0.1, 0.15) is 12.5 Å². The van der Waals surface area contributed by atoms with Gasteiger partial charge in [0.05, 0.1) is 4.91 Å². The molecule has 0 unspecified atom stereocenters. The van der Waals surface area contributed by atoms with Crippen molar-refractivity contribution >= 4 is 46.3 Å². The van der Waals surface area contributed by atoms with Crippen molar-refractivity contribution in [3.63, 3.8) is 0 Å². The summed E-state index contributed by atoms with van der Waals surface area (Å²) < 4.78 is 5.81. The number of thioether (sulfide) groups is 1. The standard InChI is InChI=1S/C16H15NO4S2/c1-3-7-17-14(18)13(23-16(17)22)9-11-5-4-6-12(8-11)21-10(2)15(19)20/h3-6,8-10H,1,7H2,2H3,(H,19,20)/b13-9-/t10-/m1/s1. The molecule has 7 heteroatoms. The molecule has 1 aromatic rings. The molecule has 5 nitrogen and oxygen atoms in total. The van der Waals surface area contributed by atoms with E-state index in [9.17, 15) is 9.59 Å². The SMILES string of the molecule is C=CCN1C(=O)/C(=C/c2cccc(O[C@H](C)C(=O)O)c2)SC1=S. The van der Waals surface area contributed by atoms with Gasteiger partial charge in [-0.1, -0.05) is 42.2 Å². The first-order valence-corrected chi connectivity index (χ1v) is 8.00. The number of aliphatic carboxylic acids is 1. The fourth-order valence-electron chi connectivity index (χ4n) is 1.87. The number of carboxylic acid groups (broad SMARTS) is 1. The Morgan fingerprint density at radius 1 is 1.57 bits per heavy atom. The summed E-state index contributed by atoms with van der Waals surface area (Å²) in [6.07, 6.45) is 2.38. The van der Waals surface area contributed by atoms with Gasteiger partial charge in [0.2, 0.25) is 0 Å². The smallest absolute Gasteiger partial charge is 0.344 e. The lowest BCUT2D eigenvalue weighted by Crippen LogP contribution is -2.27. The summed E-state index contributed by atoms with van der Waals surface area (Å²) in [4.78, 5) is 25.1. The Morgan fingerprint density at radius 2 is 2.30 bits per heavy atom. The molecule has 0 aliphatic carbocycles. The minimum atomic E-state index is -1.04. The number of carbonyl (C=O) groups excluding carboxylic acids is 1. The zero-order chi connectivity index (χ0) is 17.0. The summed E-state index contributed by atoms with van der Waals surface area (Å²) in [6, 6.07) is 6.89. The van der Waals surface area contributed by atoms with Gasteiger partial charge < -0.3 is 9.84 Å². The van der Waals surface area contributed by atoms with Crippen LogP contribution in [-0.2, 0) is 9.59 Å². The van der Waals surface area contributed by atoms with Gasteiger partial charge in [-0.15, -0.1) is 6.58 Å². The largest absolute Gasteiger partial charge is 0.479 e. The molecular weight excluding hydrogens is 334 g/mol. The first-order valence-electron chi connectivity index (χ1n) is 6.78. The fourth-order valence-corrected chi connectivity index (χ4v) is 3.15. The molecule has 0 saturated carbocycles. The number of rotatable bonds is 6. The van der Waals surface area contributed by atoms with Crippen molar-refractivity contribution in [2.75, 3.05) is 6.54 Å². The first-order chi connectivity index (χ1) is 10.9. The Balaban J connectivity index is 2.20. The van der Waals surface area contributed by atoms with Crippen LogP contribution in [0.25, 0.3) is 6.08 Å². The number of carbonyl (C=O) groups is 2. The molecule has 0 spiro atoms. The van der Waals surface area contributed by atoms with Gasteiger partial charge in [0, 0.05) is 6.54 Å². The van der Waals surface area contributed by atoms with E-state index < -0.39 is 12.1 Å². The number of nitrogens with zero attached hydrogens (tertiary/aromatic N) is 1. The second kappa shape index (κ2) is 7.43. The molecule has 1 heterocycles. The van der Waals surface area contributed by atoms with Crippen LogP contribution in [0.4, 0.5) is 0 Å². The number of hydrogen-bond donors (Lipinski definition) is 1. The first kappa shape index (κ1) is 17.2. The predicted octanol–water partition coefficient (Wildman–Crippen LogP) is 2.93. The van der Waals surface area contributed by atoms with Gasteiger partial charge in [-0.05, 0) is 30.7 Å². The van der Waals surface area contributed by atoms with Crippen LogP contribution in [0.5, 0.6) is 5.75 Å². The van der Waals surface area contributed by atoms with E-state index >= 15 is 0 Å². The average molecular weight is 349 g/mol. The fraction of sp³-hybridized carbons (Fsp3) is 0.188. The molecule has 2 rings (SSSR count). The summed E-state index contributed by atoms with van der Waals surface area (Å²) in [5.74, 6) is -0.777. The molecule has 23 heavy (non-hydrogen) atoms. The topological polar surface area (TPSA) is 66.8 Å². The normalized spacial score (nSPS) is 17.4. The molecule has 0 bridgehead atoms. The van der Waals surface area contributed by atoms with Crippen molar-refractivity contribution in [1.82, 2.24) is 4.90 Å². The Bertz CT molecular complexity index is 699. The van der Waals surface area contributed by atoms with Gasteiger partial charge in [0.1, 0.15) is 10.1 Å². The molecule has 1 aromatic carbocycles. The third kappa shape index (κ3) is 4.20. The van der Waals surface area contributed by atoms with Crippen LogP contribution in [0.15, 0.2) is 41.8 Å². The zero-order valence-electron chi connectivity index (χ0n) is 12.4. The number of amides is 1. The number of hydrogen-bond acceptors (Lipinski definition) is 5. The van der Waals surface area contributed by atoms with Crippen molar-refractivity contribution in [3.05, 3.63) is 47.4 Å². The van der Waals surface area contributed by atoms with Crippen LogP contribution < -0.4 is 4.74 Å². The van der Waals surface area contributed by atoms with Gasteiger partial charge in [0.25, 0.3) is 5.91 Å². The summed E-state index contributed by atoms with van der Waals surface area (Å²) >= 11 is 6.40. The molecule has 0 radical (unpaired) electrons. The summed E-state index contributed by atoms with van der Waals surface area (Å²) in [5.41, 5.74) is 0.735. The highest BCUT2D eigenvalue weighted by molar-refractivity contribution is 8.26. The third-order valence-corrected chi connectivity index (χ3v) is 4.38. The van der Waals surface area contributed by atoms with E-state index in [1.165, 1.54) is 23.6 Å². The highest BCUT2D eigenvalue weighted by atomic mass is 32.2. The molecule has 120 valence electrons. The molecule has 1 fully saturated rings. The Labute approximate surface area is 143 Å². The average Bonchev–Trinajstić information content (AvgIpc) is 2.75. The molecular formula is C16H15NO4S2. The van der Waals surface area contributed by atoms with Gasteiger partial charge in [0.15, 0.2) is 6.10 Å². The molecule has 1 saturated heterocycles. The Kier molecular flexibility index (Phi) is 5.57. The third-order valence-electron chi connectivity index (χ3n) is 3.00. The van der Waals surface area contributed by atoms with E-state index in [1.54, 1.807) is 36.4 Å². The maximum Gasteiger partial charge on any atom is 0.344 e. The van der Waals surface area contributed by atoms with Crippen molar-refractivity contribution in [2.45, 2.75) is 13.0 Å². The summed E-state index contributed by atoms with van der Waals surface area (Å²) in [7, 11) is 0. The van der Waals surface area contributed by atoms with E-state index in [4.69, 9.17) is 22.1 Å². The molecule has 1 aliphatic rings. The second-order valence-electron chi connectivity index (χ2n) is 4.75. The number of thiocarbonyl (C=S) groups is 1. The Hall–Kier alpha value is -2.12. The minimum absolute atomic E-state index is 0.162. The van der Waals surface area contributed by atoms with Gasteiger partial charge in [-0.25, -0.2) is 4.79 Å². The zero-order valence-corrected chi connectivity index (χ0v) is 14.0. The van der Waals surface area contributed by atoms with E-state index in [0.717, 1.165) is 5.56 Å². The van der Waals surface area contributed by atoms with E-state index in [2.05, 4.69) is 6.58 Å². The van der Waals surface area contributed by atoms with Crippen molar-refractivity contribution in [2.24, 2.45) is 0 Å². The van der Waals surface area contributed by atoms with Gasteiger partial charge in [-0.3, -0.25) is 9.69 Å². The van der Waals surface area contributed by atoms with Crippen LogP contribution >= 0.6 is 24.0 Å². The molecule has 0 aromatic heterocycles. The lowest BCUT2D eigenvalue weighted by Gasteiger charge is -2.11. The maximum atomic E-state index is 12.3. The lowest BCUT2D eigenvalue weighted by molar-refractivity contribution is -0.144. The molecule has 1 atom stereocenters. The summed E-state index contributed by atoms with van der Waals surface area (Å²) in [6.45, 7) is 5.44. The summed E-state index contributed by atoms with van der Waals surface area (Å²) in [5, 5.41) is 8.87. The van der Waals surface area contributed by atoms with Crippen LogP contribution in [0, 0.1) is 0 Å². The highest BCUT2D eigenvalue weighted by Gasteiger charge is 2.30. The predicted molar refractivity (Wildman–Crippen MR) is 94.2 cm³/mol. The quantitative estimate of drug-likeness (QED) is 0.484. The second-order valence-corrected chi connectivity index (χ2v) is 6.43. The number of benzene rings is 1. The number of ether oxygens (including phenoxy) is 1. The van der Waals surface area contributed by atoms with Crippen LogP contribution in [0.2, 0.25) is 0 Å². The Morgan fingerprint density at radius 3 is 2.96 bits per heavy atom. The monoisotopic (exact) mass is 349 g/mol. The van der Waals surface area contributed by atoms with Gasteiger partial charge >= 0.3 is 5.97 Å². The van der Waals surface area contributed by atoms with E-state index in [1.807, 2.05) is 0 Å². The van der Waals surface area contributed by atoms with Crippen molar-refractivity contribution in [1.29, 1.82) is 0 Å². The highest BCUT2D eigenvalue weighted by Crippen LogP contribution is 2.32. The molecule has 1 N–H and O–H groups in total. The van der Waals surface area contributed by atoms with Gasteiger partial charge in [-0.2, -0.15) is 0 Å². The molecule has 1 amide bonds. The lowest BCUT2D eigenvalue weighted by atomic mass is 10.2. The van der Waals surface area contributed by atoms with Crippen molar-refractivity contribution < 1.29 is 19.4 Å². The maximum absolute atomic E-state index is 12.3. The van der Waals surface area contributed by atoms with Crippen LogP contribution in [-0.4, -0.2) is 38.9 Å². The molecule has 1 aliphatic heterocycles. The van der Waals surface area contributed by atoms with Crippen molar-refractivity contribution in [3.8, 4) is 5.75 Å². The number of carboxylic acids is 1. The van der Waals surface area contributed by atoms with E-state index in [0.29, 0.717) is 21.5 Å². The minimum Gasteiger partial charge on any atom is -0.479 e. The van der Waals surface area contributed by atoms with Crippen LogP contribution in [0.3, 0.4) is 0 Å². The van der Waals surface area contributed by atoms with E-state index in [-0.39, 0.29) is 5.91 Å².